The van der Waals surface area contributed by atoms with Gasteiger partial charge in [0.15, 0.2) is 0 Å². The summed E-state index contributed by atoms with van der Waals surface area (Å²) in [6, 6.07) is 12.7. The van der Waals surface area contributed by atoms with Gasteiger partial charge in [0.1, 0.15) is 0 Å². The number of carbonyl (C=O) groups excluding carboxylic acids is 1. The minimum atomic E-state index is -0.456. The number of amides is 1. The molecule has 1 atom stereocenters. The first-order valence-corrected chi connectivity index (χ1v) is 7.78. The predicted octanol–water partition coefficient (Wildman–Crippen LogP) is 4.44. The highest BCUT2D eigenvalue weighted by atomic mass is 79.9. The number of nitrogens with two attached hydrogens (primary N) is 1. The van der Waals surface area contributed by atoms with Gasteiger partial charge in [-0.25, -0.2) is 0 Å². The fraction of sp³-hybridized carbons (Fsp3) is 0.133. The highest BCUT2D eigenvalue weighted by molar-refractivity contribution is 9.10. The average molecular weight is 388 g/mol. The number of halogens is 3. The van der Waals surface area contributed by atoms with Crippen molar-refractivity contribution in [2.24, 2.45) is 5.73 Å². The van der Waals surface area contributed by atoms with Crippen molar-refractivity contribution >= 4 is 50.7 Å². The Morgan fingerprint density at radius 2 is 1.76 bits per heavy atom. The maximum atomic E-state index is 12.4. The quantitative estimate of drug-likeness (QED) is 0.814. The van der Waals surface area contributed by atoms with Crippen LogP contribution in [-0.2, 0) is 4.79 Å². The molecule has 2 rings (SSSR count). The Bertz CT molecular complexity index is 626. The zero-order valence-corrected chi connectivity index (χ0v) is 14.0. The molecule has 1 unspecified atom stereocenters. The van der Waals surface area contributed by atoms with Gasteiger partial charge in [-0.15, -0.1) is 0 Å². The van der Waals surface area contributed by atoms with Crippen molar-refractivity contribution in [2.75, 3.05) is 11.9 Å². The molecule has 3 N–H and O–H groups in total. The summed E-state index contributed by atoms with van der Waals surface area (Å²) in [4.78, 5) is 12.4. The van der Waals surface area contributed by atoms with Gasteiger partial charge >= 0.3 is 0 Å². The van der Waals surface area contributed by atoms with Crippen LogP contribution in [-0.4, -0.2) is 12.5 Å². The summed E-state index contributed by atoms with van der Waals surface area (Å²) in [5.74, 6) is -0.697. The third-order valence-electron chi connectivity index (χ3n) is 3.01. The highest BCUT2D eigenvalue weighted by Crippen LogP contribution is 2.34. The van der Waals surface area contributed by atoms with Crippen molar-refractivity contribution < 1.29 is 4.79 Å². The van der Waals surface area contributed by atoms with E-state index in [1.165, 1.54) is 0 Å². The first-order valence-electron chi connectivity index (χ1n) is 6.23. The van der Waals surface area contributed by atoms with Crippen LogP contribution in [0.25, 0.3) is 0 Å². The number of hydrogen-bond donors (Lipinski definition) is 2. The molecular weight excluding hydrogens is 375 g/mol. The lowest BCUT2D eigenvalue weighted by molar-refractivity contribution is -0.117. The molecule has 0 fully saturated rings. The SMILES string of the molecule is NCC(C(=O)Nc1c(Cl)cc(Br)cc1Cl)c1ccccc1. The largest absolute Gasteiger partial charge is 0.329 e. The van der Waals surface area contributed by atoms with Crippen molar-refractivity contribution in [3.8, 4) is 0 Å². The fourth-order valence-electron chi connectivity index (χ4n) is 1.95. The van der Waals surface area contributed by atoms with Crippen molar-refractivity contribution in [3.05, 3.63) is 62.5 Å². The van der Waals surface area contributed by atoms with E-state index in [0.717, 1.165) is 10.0 Å². The first kappa shape index (κ1) is 16.3. The molecule has 0 spiro atoms. The summed E-state index contributed by atoms with van der Waals surface area (Å²) < 4.78 is 0.744. The van der Waals surface area contributed by atoms with Crippen molar-refractivity contribution in [1.29, 1.82) is 0 Å². The molecule has 0 aliphatic heterocycles. The van der Waals surface area contributed by atoms with Crippen molar-refractivity contribution in [1.82, 2.24) is 0 Å². The maximum Gasteiger partial charge on any atom is 0.233 e. The molecule has 0 saturated carbocycles. The Kier molecular flexibility index (Phi) is 5.65. The van der Waals surface area contributed by atoms with E-state index in [1.54, 1.807) is 12.1 Å². The fourth-order valence-corrected chi connectivity index (χ4v) is 3.25. The topological polar surface area (TPSA) is 55.1 Å². The van der Waals surface area contributed by atoms with E-state index in [9.17, 15) is 4.79 Å². The molecule has 21 heavy (non-hydrogen) atoms. The Labute approximate surface area is 141 Å². The van der Waals surface area contributed by atoms with Gasteiger partial charge in [0, 0.05) is 11.0 Å². The van der Waals surface area contributed by atoms with Crippen LogP contribution in [0.4, 0.5) is 5.69 Å². The third-order valence-corrected chi connectivity index (χ3v) is 4.06. The van der Waals surface area contributed by atoms with Gasteiger partial charge in [0.05, 0.1) is 21.7 Å². The van der Waals surface area contributed by atoms with E-state index < -0.39 is 5.92 Å². The molecule has 0 radical (unpaired) electrons. The van der Waals surface area contributed by atoms with Crippen LogP contribution in [0.3, 0.4) is 0 Å². The van der Waals surface area contributed by atoms with E-state index in [2.05, 4.69) is 21.2 Å². The molecule has 3 nitrogen and oxygen atoms in total. The Morgan fingerprint density at radius 3 is 2.29 bits per heavy atom. The first-order chi connectivity index (χ1) is 10.0. The van der Waals surface area contributed by atoms with Crippen LogP contribution in [0.15, 0.2) is 46.9 Å². The number of hydrogen-bond acceptors (Lipinski definition) is 2. The maximum absolute atomic E-state index is 12.4. The van der Waals surface area contributed by atoms with Gasteiger partial charge in [0.25, 0.3) is 0 Å². The molecule has 0 aliphatic carbocycles. The van der Waals surface area contributed by atoms with Crippen LogP contribution >= 0.6 is 39.1 Å². The Hall–Kier alpha value is -1.07. The van der Waals surface area contributed by atoms with E-state index in [1.807, 2.05) is 30.3 Å². The highest BCUT2D eigenvalue weighted by Gasteiger charge is 2.21. The zero-order valence-electron chi connectivity index (χ0n) is 10.9. The minimum Gasteiger partial charge on any atom is -0.329 e. The molecule has 0 saturated heterocycles. The second kappa shape index (κ2) is 7.27. The molecular formula is C15H13BrCl2N2O. The summed E-state index contributed by atoms with van der Waals surface area (Å²) in [6.07, 6.45) is 0. The number of rotatable bonds is 4. The van der Waals surface area contributed by atoms with Gasteiger partial charge in [-0.05, 0) is 17.7 Å². The normalized spacial score (nSPS) is 12.0. The molecule has 0 aromatic heterocycles. The van der Waals surface area contributed by atoms with Crippen LogP contribution < -0.4 is 11.1 Å². The molecule has 110 valence electrons. The lowest BCUT2D eigenvalue weighted by Gasteiger charge is -2.17. The minimum absolute atomic E-state index is 0.196. The zero-order chi connectivity index (χ0) is 15.4. The van der Waals surface area contributed by atoms with Crippen LogP contribution in [0.1, 0.15) is 11.5 Å². The molecule has 6 heteroatoms. The predicted molar refractivity (Wildman–Crippen MR) is 91.0 cm³/mol. The van der Waals surface area contributed by atoms with E-state index in [-0.39, 0.29) is 12.5 Å². The van der Waals surface area contributed by atoms with Gasteiger partial charge in [0.2, 0.25) is 5.91 Å². The second-order valence-corrected chi connectivity index (χ2v) is 6.16. The summed E-state index contributed by atoms with van der Waals surface area (Å²) in [6.45, 7) is 0.196. The molecule has 2 aromatic carbocycles. The van der Waals surface area contributed by atoms with Gasteiger partial charge in [-0.1, -0.05) is 69.5 Å². The Morgan fingerprint density at radius 1 is 1.19 bits per heavy atom. The van der Waals surface area contributed by atoms with Crippen LogP contribution in [0.5, 0.6) is 0 Å². The molecule has 0 aliphatic rings. The number of anilines is 1. The molecule has 1 amide bonds. The van der Waals surface area contributed by atoms with E-state index in [0.29, 0.717) is 15.7 Å². The number of nitrogens with one attached hydrogen (secondary N) is 1. The average Bonchev–Trinajstić information content (AvgIpc) is 2.45. The smallest absolute Gasteiger partial charge is 0.233 e. The molecule has 0 bridgehead atoms. The summed E-state index contributed by atoms with van der Waals surface area (Å²) in [7, 11) is 0. The molecule has 2 aromatic rings. The van der Waals surface area contributed by atoms with Gasteiger partial charge < -0.3 is 11.1 Å². The summed E-state index contributed by atoms with van der Waals surface area (Å²) in [5.41, 5.74) is 6.96. The van der Waals surface area contributed by atoms with E-state index in [4.69, 9.17) is 28.9 Å². The third kappa shape index (κ3) is 3.98. The monoisotopic (exact) mass is 386 g/mol. The van der Waals surface area contributed by atoms with Crippen molar-refractivity contribution in [2.45, 2.75) is 5.92 Å². The lowest BCUT2D eigenvalue weighted by atomic mass is 9.98. The van der Waals surface area contributed by atoms with E-state index >= 15 is 0 Å². The standard InChI is InChI=1S/C15H13BrCl2N2O/c16-10-6-12(17)14(13(18)7-10)20-15(21)11(8-19)9-4-2-1-3-5-9/h1-7,11H,8,19H2,(H,20,21). The summed E-state index contributed by atoms with van der Waals surface area (Å²) in [5, 5.41) is 3.49. The Balaban J connectivity index is 2.25. The number of benzene rings is 2. The van der Waals surface area contributed by atoms with Crippen molar-refractivity contribution in [3.63, 3.8) is 0 Å². The van der Waals surface area contributed by atoms with Crippen LogP contribution in [0, 0.1) is 0 Å². The number of carbonyl (C=O) groups is 1. The van der Waals surface area contributed by atoms with Gasteiger partial charge in [-0.2, -0.15) is 0 Å². The van der Waals surface area contributed by atoms with Crippen LogP contribution in [0.2, 0.25) is 10.0 Å². The summed E-state index contributed by atoms with van der Waals surface area (Å²) >= 11 is 15.5. The second-order valence-electron chi connectivity index (χ2n) is 4.43. The molecule has 0 heterocycles. The lowest BCUT2D eigenvalue weighted by Crippen LogP contribution is -2.27. The van der Waals surface area contributed by atoms with Gasteiger partial charge in [-0.3, -0.25) is 4.79 Å².